The first-order chi connectivity index (χ1) is 14.7. The molecule has 1 atom stereocenters. The number of para-hydroxylation sites is 1. The Kier molecular flexibility index (Phi) is 6.09. The van der Waals surface area contributed by atoms with Gasteiger partial charge in [-0.2, -0.15) is 0 Å². The van der Waals surface area contributed by atoms with Crippen molar-refractivity contribution in [1.82, 2.24) is 5.32 Å². The number of hydrogen-bond acceptors (Lipinski definition) is 4. The van der Waals surface area contributed by atoms with Crippen molar-refractivity contribution in [2.24, 2.45) is 0 Å². The molecule has 0 aliphatic carbocycles. The highest BCUT2D eigenvalue weighted by molar-refractivity contribution is 5.81. The molecular weight excluding hydrogens is 378 g/mol. The molecule has 0 saturated carbocycles. The van der Waals surface area contributed by atoms with E-state index in [0.29, 0.717) is 13.0 Å². The van der Waals surface area contributed by atoms with E-state index in [-0.39, 0.29) is 25.0 Å². The summed E-state index contributed by atoms with van der Waals surface area (Å²) in [4.78, 5) is 24.4. The summed E-state index contributed by atoms with van der Waals surface area (Å²) in [6.45, 7) is 0.251. The lowest BCUT2D eigenvalue weighted by molar-refractivity contribution is -0.148. The molecule has 0 radical (unpaired) electrons. The van der Waals surface area contributed by atoms with Crippen LogP contribution < -0.4 is 10.1 Å². The Morgan fingerprint density at radius 2 is 1.60 bits per heavy atom. The smallest absolute Gasteiger partial charge is 0.310 e. The van der Waals surface area contributed by atoms with Crippen molar-refractivity contribution in [2.45, 2.75) is 18.9 Å². The molecule has 0 aromatic heterocycles. The fraction of sp³-hybridized carbons (Fsp3) is 0.200. The van der Waals surface area contributed by atoms with Crippen LogP contribution in [0.2, 0.25) is 0 Å². The van der Waals surface area contributed by atoms with E-state index in [9.17, 15) is 9.59 Å². The molecule has 4 rings (SSSR count). The molecule has 1 aliphatic rings. The van der Waals surface area contributed by atoms with Crippen molar-refractivity contribution in [1.29, 1.82) is 0 Å². The van der Waals surface area contributed by atoms with E-state index in [1.54, 1.807) is 0 Å². The van der Waals surface area contributed by atoms with E-state index in [4.69, 9.17) is 9.47 Å². The Hall–Kier alpha value is -3.60. The number of esters is 1. The molecule has 1 aliphatic heterocycles. The van der Waals surface area contributed by atoms with Crippen LogP contribution >= 0.6 is 0 Å². The van der Waals surface area contributed by atoms with Crippen molar-refractivity contribution in [3.05, 3.63) is 90.0 Å². The summed E-state index contributed by atoms with van der Waals surface area (Å²) >= 11 is 0. The molecule has 0 saturated heterocycles. The summed E-state index contributed by atoms with van der Waals surface area (Å²) in [5.74, 6) is 0.0412. The van der Waals surface area contributed by atoms with Gasteiger partial charge < -0.3 is 14.8 Å². The molecule has 3 aromatic carbocycles. The summed E-state index contributed by atoms with van der Waals surface area (Å²) in [6.07, 6.45) is 0.812. The van der Waals surface area contributed by atoms with Gasteiger partial charge in [-0.15, -0.1) is 0 Å². The van der Waals surface area contributed by atoms with Gasteiger partial charge in [-0.25, -0.2) is 0 Å². The number of carbonyl (C=O) groups excluding carboxylic acids is 2. The van der Waals surface area contributed by atoms with Gasteiger partial charge in [0.05, 0.1) is 19.1 Å². The summed E-state index contributed by atoms with van der Waals surface area (Å²) in [5, 5.41) is 2.92. The molecular formula is C25H23NO4. The molecule has 1 unspecified atom stereocenters. The van der Waals surface area contributed by atoms with Gasteiger partial charge in [0.15, 0.2) is 6.61 Å². The Bertz CT molecular complexity index is 1010. The van der Waals surface area contributed by atoms with Crippen LogP contribution in [0.1, 0.15) is 23.6 Å². The highest BCUT2D eigenvalue weighted by Gasteiger charge is 2.23. The Balaban J connectivity index is 1.26. The highest BCUT2D eigenvalue weighted by Crippen LogP contribution is 2.31. The molecule has 0 spiro atoms. The average Bonchev–Trinajstić information content (AvgIpc) is 2.79. The summed E-state index contributed by atoms with van der Waals surface area (Å²) in [7, 11) is 0. The van der Waals surface area contributed by atoms with Gasteiger partial charge in [0, 0.05) is 12.0 Å². The van der Waals surface area contributed by atoms with E-state index in [0.717, 1.165) is 28.0 Å². The molecule has 152 valence electrons. The molecule has 3 aromatic rings. The SMILES string of the molecule is O=C(COC(=O)Cc1ccc(-c2ccccc2)cc1)NC1CCOc2ccccc21. The number of fused-ring (bicyclic) bond motifs is 1. The van der Waals surface area contributed by atoms with Gasteiger partial charge in [-0.1, -0.05) is 72.8 Å². The first kappa shape index (κ1) is 19.7. The van der Waals surface area contributed by atoms with Crippen LogP contribution in [0.3, 0.4) is 0 Å². The second-order valence-corrected chi connectivity index (χ2v) is 7.20. The number of rotatable bonds is 6. The quantitative estimate of drug-likeness (QED) is 0.632. The molecule has 1 amide bonds. The average molecular weight is 401 g/mol. The summed E-state index contributed by atoms with van der Waals surface area (Å²) in [5.41, 5.74) is 4.00. The molecule has 30 heavy (non-hydrogen) atoms. The van der Waals surface area contributed by atoms with Crippen LogP contribution in [-0.2, 0) is 20.7 Å². The summed E-state index contributed by atoms with van der Waals surface area (Å²) < 4.78 is 10.8. The third-order valence-electron chi connectivity index (χ3n) is 5.07. The zero-order valence-electron chi connectivity index (χ0n) is 16.5. The third kappa shape index (κ3) is 4.87. The zero-order chi connectivity index (χ0) is 20.8. The van der Waals surface area contributed by atoms with Gasteiger partial charge >= 0.3 is 5.97 Å². The Morgan fingerprint density at radius 3 is 2.40 bits per heavy atom. The molecule has 5 nitrogen and oxygen atoms in total. The van der Waals surface area contributed by atoms with Crippen molar-refractivity contribution in [2.75, 3.05) is 13.2 Å². The number of benzene rings is 3. The molecule has 0 bridgehead atoms. The maximum atomic E-state index is 12.3. The van der Waals surface area contributed by atoms with Crippen molar-refractivity contribution in [3.63, 3.8) is 0 Å². The number of ether oxygens (including phenoxy) is 2. The minimum absolute atomic E-state index is 0.127. The lowest BCUT2D eigenvalue weighted by Gasteiger charge is -2.26. The first-order valence-corrected chi connectivity index (χ1v) is 10.00. The maximum absolute atomic E-state index is 12.3. The topological polar surface area (TPSA) is 64.6 Å². The highest BCUT2D eigenvalue weighted by atomic mass is 16.5. The molecule has 5 heteroatoms. The van der Waals surface area contributed by atoms with Crippen molar-refractivity contribution >= 4 is 11.9 Å². The van der Waals surface area contributed by atoms with Crippen LogP contribution in [0.5, 0.6) is 5.75 Å². The molecule has 1 heterocycles. The van der Waals surface area contributed by atoms with Crippen LogP contribution in [0, 0.1) is 0 Å². The van der Waals surface area contributed by atoms with E-state index < -0.39 is 5.97 Å². The Morgan fingerprint density at radius 1 is 0.900 bits per heavy atom. The van der Waals surface area contributed by atoms with Crippen molar-refractivity contribution in [3.8, 4) is 16.9 Å². The minimum Gasteiger partial charge on any atom is -0.493 e. The fourth-order valence-electron chi connectivity index (χ4n) is 3.54. The number of nitrogens with one attached hydrogen (secondary N) is 1. The standard InChI is InChI=1S/C25H23NO4/c27-24(26-22-14-15-29-23-9-5-4-8-21(22)23)17-30-25(28)16-18-10-12-20(13-11-18)19-6-2-1-3-7-19/h1-13,22H,14-17H2,(H,26,27). The fourth-order valence-corrected chi connectivity index (χ4v) is 3.54. The van der Waals surface area contributed by atoms with E-state index in [1.165, 1.54) is 0 Å². The van der Waals surface area contributed by atoms with E-state index in [2.05, 4.69) is 5.32 Å². The van der Waals surface area contributed by atoms with Gasteiger partial charge in [-0.05, 0) is 22.8 Å². The third-order valence-corrected chi connectivity index (χ3v) is 5.07. The summed E-state index contributed by atoms with van der Waals surface area (Å²) in [6, 6.07) is 25.3. The van der Waals surface area contributed by atoms with Crippen LogP contribution in [0.4, 0.5) is 0 Å². The van der Waals surface area contributed by atoms with Gasteiger partial charge in [-0.3, -0.25) is 9.59 Å². The number of amides is 1. The minimum atomic E-state index is -0.426. The van der Waals surface area contributed by atoms with Crippen molar-refractivity contribution < 1.29 is 19.1 Å². The lowest BCUT2D eigenvalue weighted by atomic mass is 10.0. The van der Waals surface area contributed by atoms with Crippen LogP contribution in [0.25, 0.3) is 11.1 Å². The normalized spacial score (nSPS) is 14.9. The zero-order valence-corrected chi connectivity index (χ0v) is 16.5. The second-order valence-electron chi connectivity index (χ2n) is 7.20. The first-order valence-electron chi connectivity index (χ1n) is 10.00. The van der Waals surface area contributed by atoms with Gasteiger partial charge in [0.25, 0.3) is 5.91 Å². The number of carbonyl (C=O) groups is 2. The van der Waals surface area contributed by atoms with Crippen LogP contribution in [0.15, 0.2) is 78.9 Å². The number of hydrogen-bond donors (Lipinski definition) is 1. The predicted octanol–water partition coefficient (Wildman–Crippen LogP) is 4.08. The van der Waals surface area contributed by atoms with Gasteiger partial charge in [0.1, 0.15) is 5.75 Å². The van der Waals surface area contributed by atoms with Crippen LogP contribution in [-0.4, -0.2) is 25.1 Å². The second kappa shape index (κ2) is 9.27. The molecule has 0 fully saturated rings. The maximum Gasteiger partial charge on any atom is 0.310 e. The monoisotopic (exact) mass is 401 g/mol. The van der Waals surface area contributed by atoms with Gasteiger partial charge in [0.2, 0.25) is 0 Å². The van der Waals surface area contributed by atoms with E-state index in [1.807, 2.05) is 78.9 Å². The lowest BCUT2D eigenvalue weighted by Crippen LogP contribution is -2.35. The largest absolute Gasteiger partial charge is 0.493 e. The van der Waals surface area contributed by atoms with E-state index >= 15 is 0 Å². The Labute approximate surface area is 175 Å². The predicted molar refractivity (Wildman–Crippen MR) is 114 cm³/mol. The molecule has 1 N–H and O–H groups in total.